The number of amides is 2. The van der Waals surface area contributed by atoms with Gasteiger partial charge in [0.15, 0.2) is 5.82 Å². The van der Waals surface area contributed by atoms with Gasteiger partial charge in [-0.25, -0.2) is 14.2 Å². The van der Waals surface area contributed by atoms with Gasteiger partial charge in [-0.2, -0.15) is 0 Å². The molecule has 6 heteroatoms. The second kappa shape index (κ2) is 7.77. The van der Waals surface area contributed by atoms with E-state index in [4.69, 9.17) is 0 Å². The third kappa shape index (κ3) is 4.22. The quantitative estimate of drug-likeness (QED) is 0.886. The molecule has 126 valence electrons. The number of nitrogens with one attached hydrogen (secondary N) is 2. The van der Waals surface area contributed by atoms with E-state index in [0.29, 0.717) is 13.0 Å². The van der Waals surface area contributed by atoms with Crippen LogP contribution in [-0.2, 0) is 6.42 Å². The number of pyridine rings is 1. The van der Waals surface area contributed by atoms with E-state index in [2.05, 4.69) is 20.5 Å². The summed E-state index contributed by atoms with van der Waals surface area (Å²) >= 11 is 0. The molecule has 0 spiro atoms. The molecule has 1 fully saturated rings. The van der Waals surface area contributed by atoms with E-state index in [1.807, 2.05) is 12.1 Å². The van der Waals surface area contributed by atoms with Crippen LogP contribution in [0.4, 0.5) is 20.7 Å². The fourth-order valence-electron chi connectivity index (χ4n) is 2.81. The Hall–Kier alpha value is -2.63. The lowest BCUT2D eigenvalue weighted by Gasteiger charge is -2.20. The van der Waals surface area contributed by atoms with Crippen molar-refractivity contribution in [3.8, 4) is 0 Å². The van der Waals surface area contributed by atoms with Crippen LogP contribution in [0.1, 0.15) is 18.4 Å². The maximum atomic E-state index is 12.9. The molecule has 0 bridgehead atoms. The van der Waals surface area contributed by atoms with E-state index in [-0.39, 0.29) is 11.8 Å². The molecule has 1 aliphatic heterocycles. The maximum absolute atomic E-state index is 12.9. The van der Waals surface area contributed by atoms with Gasteiger partial charge in [0.2, 0.25) is 0 Å². The Balaban J connectivity index is 1.52. The summed E-state index contributed by atoms with van der Waals surface area (Å²) in [6.07, 6.45) is 4.70. The first-order valence-electron chi connectivity index (χ1n) is 8.21. The minimum absolute atomic E-state index is 0.254. The zero-order valence-electron chi connectivity index (χ0n) is 13.5. The summed E-state index contributed by atoms with van der Waals surface area (Å²) in [7, 11) is 0. The first-order chi connectivity index (χ1) is 11.7. The maximum Gasteiger partial charge on any atom is 0.319 e. The van der Waals surface area contributed by atoms with Gasteiger partial charge in [-0.3, -0.25) is 0 Å². The Morgan fingerprint density at radius 3 is 2.67 bits per heavy atom. The predicted molar refractivity (Wildman–Crippen MR) is 92.8 cm³/mol. The zero-order chi connectivity index (χ0) is 16.8. The Morgan fingerprint density at radius 1 is 1.17 bits per heavy atom. The van der Waals surface area contributed by atoms with Crippen molar-refractivity contribution < 1.29 is 9.18 Å². The third-order valence-corrected chi connectivity index (χ3v) is 4.05. The summed E-state index contributed by atoms with van der Waals surface area (Å²) in [6, 6.07) is 9.71. The molecular weight excluding hydrogens is 307 g/mol. The first-order valence-corrected chi connectivity index (χ1v) is 8.21. The molecule has 5 nitrogen and oxygen atoms in total. The van der Waals surface area contributed by atoms with Gasteiger partial charge in [-0.15, -0.1) is 0 Å². The van der Waals surface area contributed by atoms with Crippen LogP contribution in [0.3, 0.4) is 0 Å². The zero-order valence-corrected chi connectivity index (χ0v) is 13.5. The first kappa shape index (κ1) is 16.2. The summed E-state index contributed by atoms with van der Waals surface area (Å²) in [6.45, 7) is 2.42. The van der Waals surface area contributed by atoms with Crippen LogP contribution in [0.2, 0.25) is 0 Å². The molecule has 3 rings (SSSR count). The molecule has 0 radical (unpaired) electrons. The van der Waals surface area contributed by atoms with Crippen LogP contribution in [0.25, 0.3) is 0 Å². The van der Waals surface area contributed by atoms with Crippen molar-refractivity contribution in [3.05, 3.63) is 54.0 Å². The second-order valence-electron chi connectivity index (χ2n) is 5.83. The number of halogens is 1. The highest BCUT2D eigenvalue weighted by atomic mass is 19.1. The number of rotatable bonds is 5. The molecule has 2 N–H and O–H groups in total. The molecule has 2 heterocycles. The molecule has 1 aromatic heterocycles. The molecule has 1 aliphatic rings. The van der Waals surface area contributed by atoms with Gasteiger partial charge < -0.3 is 15.5 Å². The predicted octanol–water partition coefficient (Wildman–Crippen LogP) is 3.19. The van der Waals surface area contributed by atoms with Crippen LogP contribution < -0.4 is 15.5 Å². The normalized spacial score (nSPS) is 13.8. The molecule has 0 atom stereocenters. The Labute approximate surface area is 140 Å². The molecule has 0 saturated carbocycles. The molecule has 0 aliphatic carbocycles. The Kier molecular flexibility index (Phi) is 5.25. The fraction of sp³-hybridized carbons (Fsp3) is 0.333. The van der Waals surface area contributed by atoms with E-state index >= 15 is 0 Å². The summed E-state index contributed by atoms with van der Waals surface area (Å²) in [5.74, 6) is 0.569. The number of carbonyl (C=O) groups is 1. The smallest absolute Gasteiger partial charge is 0.319 e. The molecule has 24 heavy (non-hydrogen) atoms. The number of aromatic nitrogens is 1. The third-order valence-electron chi connectivity index (χ3n) is 4.05. The van der Waals surface area contributed by atoms with Crippen molar-refractivity contribution in [2.24, 2.45) is 0 Å². The number of urea groups is 1. The average molecular weight is 328 g/mol. The van der Waals surface area contributed by atoms with Crippen LogP contribution >= 0.6 is 0 Å². The minimum Gasteiger partial charge on any atom is -0.355 e. The second-order valence-corrected chi connectivity index (χ2v) is 5.83. The number of benzene rings is 1. The van der Waals surface area contributed by atoms with Gasteiger partial charge in [0.05, 0.1) is 5.69 Å². The van der Waals surface area contributed by atoms with E-state index in [1.165, 1.54) is 12.1 Å². The highest BCUT2D eigenvalue weighted by Gasteiger charge is 2.17. The van der Waals surface area contributed by atoms with E-state index in [0.717, 1.165) is 43.0 Å². The lowest BCUT2D eigenvalue weighted by Crippen LogP contribution is -2.31. The Morgan fingerprint density at radius 2 is 1.92 bits per heavy atom. The lowest BCUT2D eigenvalue weighted by atomic mass is 10.1. The van der Waals surface area contributed by atoms with Crippen molar-refractivity contribution in [2.45, 2.75) is 19.3 Å². The lowest BCUT2D eigenvalue weighted by molar-refractivity contribution is 0.252. The average Bonchev–Trinajstić information content (AvgIpc) is 3.11. The van der Waals surface area contributed by atoms with Crippen molar-refractivity contribution in [3.63, 3.8) is 0 Å². The molecule has 2 aromatic rings. The topological polar surface area (TPSA) is 57.3 Å². The molecular formula is C18H21FN4O. The van der Waals surface area contributed by atoms with Crippen molar-refractivity contribution >= 4 is 17.5 Å². The molecule has 1 saturated heterocycles. The summed E-state index contributed by atoms with van der Waals surface area (Å²) in [4.78, 5) is 18.7. The summed E-state index contributed by atoms with van der Waals surface area (Å²) in [5, 5.41) is 5.69. The standard InChI is InChI=1S/C18H21FN4O/c19-15-7-5-14(6-8-15)9-11-21-18(24)22-16-4-3-10-20-17(16)23-12-1-2-13-23/h3-8,10H,1-2,9,11-13H2,(H2,21,22,24). The van der Waals surface area contributed by atoms with Crippen molar-refractivity contribution in [1.29, 1.82) is 0 Å². The van der Waals surface area contributed by atoms with Gasteiger partial charge in [0.25, 0.3) is 0 Å². The molecule has 1 aromatic carbocycles. The van der Waals surface area contributed by atoms with E-state index in [1.54, 1.807) is 18.3 Å². The highest BCUT2D eigenvalue weighted by Crippen LogP contribution is 2.25. The van der Waals surface area contributed by atoms with E-state index in [9.17, 15) is 9.18 Å². The van der Waals surface area contributed by atoms with Gasteiger partial charge >= 0.3 is 6.03 Å². The van der Waals surface area contributed by atoms with Gasteiger partial charge in [0, 0.05) is 25.8 Å². The van der Waals surface area contributed by atoms with Crippen LogP contribution in [-0.4, -0.2) is 30.6 Å². The number of hydrogen-bond acceptors (Lipinski definition) is 3. The number of carbonyl (C=O) groups excluding carboxylic acids is 1. The van der Waals surface area contributed by atoms with Gasteiger partial charge in [-0.05, 0) is 49.1 Å². The SMILES string of the molecule is O=C(NCCc1ccc(F)cc1)Nc1cccnc1N1CCCC1. The van der Waals surface area contributed by atoms with Crippen LogP contribution in [0, 0.1) is 5.82 Å². The van der Waals surface area contributed by atoms with Crippen LogP contribution in [0.15, 0.2) is 42.6 Å². The summed E-state index contributed by atoms with van der Waals surface area (Å²) in [5.41, 5.74) is 1.70. The van der Waals surface area contributed by atoms with Gasteiger partial charge in [-0.1, -0.05) is 12.1 Å². The number of nitrogens with zero attached hydrogens (tertiary/aromatic N) is 2. The minimum atomic E-state index is -0.259. The number of anilines is 2. The van der Waals surface area contributed by atoms with E-state index < -0.39 is 0 Å². The highest BCUT2D eigenvalue weighted by molar-refractivity contribution is 5.92. The monoisotopic (exact) mass is 328 g/mol. The van der Waals surface area contributed by atoms with Crippen molar-refractivity contribution in [1.82, 2.24) is 10.3 Å². The fourth-order valence-corrected chi connectivity index (χ4v) is 2.81. The van der Waals surface area contributed by atoms with Crippen LogP contribution in [0.5, 0.6) is 0 Å². The largest absolute Gasteiger partial charge is 0.355 e. The van der Waals surface area contributed by atoms with Crippen molar-refractivity contribution in [2.75, 3.05) is 29.9 Å². The molecule has 0 unspecified atom stereocenters. The summed E-state index contributed by atoms with van der Waals surface area (Å²) < 4.78 is 12.9. The van der Waals surface area contributed by atoms with Gasteiger partial charge in [0.1, 0.15) is 5.82 Å². The molecule has 2 amide bonds. The number of hydrogen-bond donors (Lipinski definition) is 2. The Bertz CT molecular complexity index is 684.